The minimum Gasteiger partial charge on any atom is -0.308 e. The van der Waals surface area contributed by atoms with Gasteiger partial charge in [0.25, 0.3) is 0 Å². The number of nitrogens with two attached hydrogens (primary N) is 1. The first kappa shape index (κ1) is 13.0. The van der Waals surface area contributed by atoms with Crippen LogP contribution in [0.5, 0.6) is 0 Å². The van der Waals surface area contributed by atoms with E-state index in [-0.39, 0.29) is 0 Å². The number of nitrogens with one attached hydrogen (secondary N) is 1. The molecule has 1 heterocycles. The minimum atomic E-state index is 0.623. The fraction of sp³-hybridized carbons (Fsp3) is 0.0667. The summed E-state index contributed by atoms with van der Waals surface area (Å²) in [6, 6.07) is 13.9. The number of aromatic nitrogens is 2. The van der Waals surface area contributed by atoms with Crippen molar-refractivity contribution in [2.24, 2.45) is 5.84 Å². The molecule has 0 saturated carbocycles. The van der Waals surface area contributed by atoms with Crippen LogP contribution in [0, 0.1) is 6.92 Å². The predicted molar refractivity (Wildman–Crippen MR) is 85.2 cm³/mol. The topological polar surface area (TPSA) is 63.8 Å². The molecule has 3 rings (SSSR count). The van der Waals surface area contributed by atoms with E-state index in [1.165, 1.54) is 0 Å². The van der Waals surface area contributed by atoms with Gasteiger partial charge >= 0.3 is 0 Å². The molecule has 0 saturated heterocycles. The summed E-state index contributed by atoms with van der Waals surface area (Å²) in [4.78, 5) is 9.14. The van der Waals surface area contributed by atoms with E-state index < -0.39 is 0 Å². The van der Waals surface area contributed by atoms with Crippen molar-refractivity contribution in [3.05, 3.63) is 52.5 Å². The summed E-state index contributed by atoms with van der Waals surface area (Å²) >= 11 is 3.56. The lowest BCUT2D eigenvalue weighted by Gasteiger charge is -2.10. The molecule has 0 unspecified atom stereocenters. The summed E-state index contributed by atoms with van der Waals surface area (Å²) in [6.07, 6.45) is 0. The second-order valence-electron chi connectivity index (χ2n) is 4.55. The number of aryl methyl sites for hydroxylation is 1. The van der Waals surface area contributed by atoms with Gasteiger partial charge in [-0.1, -0.05) is 30.3 Å². The Labute approximate surface area is 125 Å². The number of nitrogens with zero attached hydrogens (tertiary/aromatic N) is 2. The summed E-state index contributed by atoms with van der Waals surface area (Å²) in [5.41, 5.74) is 5.59. The van der Waals surface area contributed by atoms with Gasteiger partial charge in [0.15, 0.2) is 11.6 Å². The Bertz CT molecular complexity index is 772. The minimum absolute atomic E-state index is 0.623. The van der Waals surface area contributed by atoms with E-state index in [0.717, 1.165) is 26.5 Å². The number of hydrogen-bond acceptors (Lipinski definition) is 4. The summed E-state index contributed by atoms with van der Waals surface area (Å²) in [5.74, 6) is 6.88. The van der Waals surface area contributed by atoms with E-state index in [0.29, 0.717) is 11.6 Å². The number of rotatable bonds is 2. The van der Waals surface area contributed by atoms with Crippen LogP contribution < -0.4 is 11.3 Å². The van der Waals surface area contributed by atoms with Gasteiger partial charge < -0.3 is 5.43 Å². The molecule has 0 aliphatic carbocycles. The largest absolute Gasteiger partial charge is 0.308 e. The van der Waals surface area contributed by atoms with Gasteiger partial charge in [-0.2, -0.15) is 0 Å². The second kappa shape index (κ2) is 5.19. The lowest BCUT2D eigenvalue weighted by molar-refractivity contribution is 1.18. The van der Waals surface area contributed by atoms with Gasteiger partial charge in [-0.15, -0.1) is 0 Å². The van der Waals surface area contributed by atoms with Crippen molar-refractivity contribution >= 4 is 32.7 Å². The highest BCUT2D eigenvalue weighted by Gasteiger charge is 2.11. The van der Waals surface area contributed by atoms with Gasteiger partial charge in [0.1, 0.15) is 0 Å². The Morgan fingerprint density at radius 2 is 1.85 bits per heavy atom. The molecule has 0 amide bonds. The zero-order valence-electron chi connectivity index (χ0n) is 10.9. The van der Waals surface area contributed by atoms with Gasteiger partial charge in [-0.05, 0) is 40.5 Å². The van der Waals surface area contributed by atoms with Crippen LogP contribution in [0.1, 0.15) is 5.56 Å². The molecule has 5 heteroatoms. The van der Waals surface area contributed by atoms with Crippen LogP contribution in [0.25, 0.3) is 22.3 Å². The summed E-state index contributed by atoms with van der Waals surface area (Å²) in [7, 11) is 0. The molecule has 2 aromatic carbocycles. The molecule has 100 valence electrons. The van der Waals surface area contributed by atoms with Crippen molar-refractivity contribution < 1.29 is 0 Å². The molecular formula is C15H13BrN4. The second-order valence-corrected chi connectivity index (χ2v) is 5.40. The van der Waals surface area contributed by atoms with E-state index in [1.54, 1.807) is 0 Å². The average molecular weight is 329 g/mol. The smallest absolute Gasteiger partial charge is 0.162 e. The molecule has 1 aromatic heterocycles. The quantitative estimate of drug-likeness (QED) is 0.556. The van der Waals surface area contributed by atoms with Gasteiger partial charge in [-0.3, -0.25) is 0 Å². The van der Waals surface area contributed by atoms with Crippen molar-refractivity contribution in [2.45, 2.75) is 6.92 Å². The highest BCUT2D eigenvalue weighted by Crippen LogP contribution is 2.30. The SMILES string of the molecule is Cc1cc(Br)c2nc(-c3ccccc3)nc(NN)c2c1. The number of fused-ring (bicyclic) bond motifs is 1. The van der Waals surface area contributed by atoms with Crippen LogP contribution in [0.15, 0.2) is 46.9 Å². The molecule has 0 atom stereocenters. The number of hydrazine groups is 1. The third kappa shape index (κ3) is 2.26. The Balaban J connectivity index is 2.32. The first-order chi connectivity index (χ1) is 9.69. The van der Waals surface area contributed by atoms with Crippen LogP contribution in [-0.4, -0.2) is 9.97 Å². The van der Waals surface area contributed by atoms with Crippen LogP contribution in [0.3, 0.4) is 0 Å². The van der Waals surface area contributed by atoms with Crippen LogP contribution in [0.2, 0.25) is 0 Å². The van der Waals surface area contributed by atoms with E-state index in [1.807, 2.05) is 49.4 Å². The molecule has 0 radical (unpaired) electrons. The fourth-order valence-electron chi connectivity index (χ4n) is 2.15. The van der Waals surface area contributed by atoms with Crippen molar-refractivity contribution in [1.29, 1.82) is 0 Å². The molecular weight excluding hydrogens is 316 g/mol. The number of benzene rings is 2. The number of anilines is 1. The lowest BCUT2D eigenvalue weighted by Crippen LogP contribution is -2.10. The van der Waals surface area contributed by atoms with Gasteiger partial charge in [0, 0.05) is 15.4 Å². The fourth-order valence-corrected chi connectivity index (χ4v) is 2.82. The molecule has 0 fully saturated rings. The van der Waals surface area contributed by atoms with Crippen molar-refractivity contribution in [3.63, 3.8) is 0 Å². The van der Waals surface area contributed by atoms with E-state index >= 15 is 0 Å². The van der Waals surface area contributed by atoms with E-state index in [9.17, 15) is 0 Å². The van der Waals surface area contributed by atoms with Crippen LogP contribution >= 0.6 is 15.9 Å². The Kier molecular flexibility index (Phi) is 3.38. The molecule has 3 N–H and O–H groups in total. The molecule has 0 spiro atoms. The molecule has 0 aliphatic heterocycles. The Morgan fingerprint density at radius 1 is 1.10 bits per heavy atom. The molecule has 4 nitrogen and oxygen atoms in total. The number of halogens is 1. The maximum atomic E-state index is 5.61. The van der Waals surface area contributed by atoms with E-state index in [2.05, 4.69) is 31.3 Å². The predicted octanol–water partition coefficient (Wildman–Crippen LogP) is 3.65. The monoisotopic (exact) mass is 328 g/mol. The average Bonchev–Trinajstić information content (AvgIpc) is 2.47. The molecule has 0 aliphatic rings. The standard InChI is InChI=1S/C15H13BrN4/c1-9-7-11-13(12(16)8-9)18-14(19-15(11)20-17)10-5-3-2-4-6-10/h2-8H,17H2,1H3,(H,18,19,20). The molecule has 3 aromatic rings. The number of nitrogen functional groups attached to an aromatic ring is 1. The van der Waals surface area contributed by atoms with Gasteiger partial charge in [0.05, 0.1) is 5.52 Å². The van der Waals surface area contributed by atoms with Crippen LogP contribution in [-0.2, 0) is 0 Å². The Morgan fingerprint density at radius 3 is 2.55 bits per heavy atom. The van der Waals surface area contributed by atoms with Crippen molar-refractivity contribution in [2.75, 3.05) is 5.43 Å². The summed E-state index contributed by atoms with van der Waals surface area (Å²) in [6.45, 7) is 2.02. The van der Waals surface area contributed by atoms with Crippen molar-refractivity contribution in [3.8, 4) is 11.4 Å². The van der Waals surface area contributed by atoms with Crippen molar-refractivity contribution in [1.82, 2.24) is 9.97 Å². The summed E-state index contributed by atoms with van der Waals surface area (Å²) in [5, 5.41) is 0.902. The Hall–Kier alpha value is -1.98. The highest BCUT2D eigenvalue weighted by molar-refractivity contribution is 9.10. The third-order valence-corrected chi connectivity index (χ3v) is 3.67. The maximum Gasteiger partial charge on any atom is 0.162 e. The maximum absolute atomic E-state index is 5.61. The molecule has 20 heavy (non-hydrogen) atoms. The van der Waals surface area contributed by atoms with Crippen LogP contribution in [0.4, 0.5) is 5.82 Å². The molecule has 0 bridgehead atoms. The number of hydrogen-bond donors (Lipinski definition) is 2. The zero-order valence-corrected chi connectivity index (χ0v) is 12.5. The lowest BCUT2D eigenvalue weighted by atomic mass is 10.1. The normalized spacial score (nSPS) is 10.8. The van der Waals surface area contributed by atoms with Gasteiger partial charge in [-0.25, -0.2) is 15.8 Å². The first-order valence-electron chi connectivity index (χ1n) is 6.19. The van der Waals surface area contributed by atoms with E-state index in [4.69, 9.17) is 5.84 Å². The first-order valence-corrected chi connectivity index (χ1v) is 6.98. The zero-order chi connectivity index (χ0) is 14.1. The third-order valence-electron chi connectivity index (χ3n) is 3.07. The highest BCUT2D eigenvalue weighted by atomic mass is 79.9. The van der Waals surface area contributed by atoms with Gasteiger partial charge in [0.2, 0.25) is 0 Å². The summed E-state index contributed by atoms with van der Waals surface area (Å²) < 4.78 is 0.934.